The highest BCUT2D eigenvalue weighted by molar-refractivity contribution is 6.07. The molecule has 0 unspecified atom stereocenters. The van der Waals surface area contributed by atoms with Crippen molar-refractivity contribution < 1.29 is 19.5 Å². The van der Waals surface area contributed by atoms with Crippen LogP contribution >= 0.6 is 0 Å². The van der Waals surface area contributed by atoms with Crippen molar-refractivity contribution in [2.45, 2.75) is 25.7 Å². The maximum atomic E-state index is 11.7. The van der Waals surface area contributed by atoms with Crippen LogP contribution in [-0.2, 0) is 14.4 Å². The van der Waals surface area contributed by atoms with E-state index in [0.29, 0.717) is 25.8 Å². The van der Waals surface area contributed by atoms with Crippen LogP contribution in [0.25, 0.3) is 0 Å². The summed E-state index contributed by atoms with van der Waals surface area (Å²) in [5, 5.41) is 13.5. The largest absolute Gasteiger partial charge is 0.481 e. The van der Waals surface area contributed by atoms with Crippen molar-refractivity contribution in [2.75, 3.05) is 13.6 Å². The van der Waals surface area contributed by atoms with Crippen molar-refractivity contribution >= 4 is 17.8 Å². The van der Waals surface area contributed by atoms with Crippen molar-refractivity contribution in [3.8, 4) is 0 Å². The van der Waals surface area contributed by atoms with Crippen molar-refractivity contribution in [1.29, 1.82) is 0 Å². The summed E-state index contributed by atoms with van der Waals surface area (Å²) in [7, 11) is 1.50. The lowest BCUT2D eigenvalue weighted by Gasteiger charge is -2.13. The van der Waals surface area contributed by atoms with Gasteiger partial charge in [0.25, 0.3) is 0 Å². The van der Waals surface area contributed by atoms with Gasteiger partial charge in [-0.1, -0.05) is 0 Å². The number of carboxylic acids is 1. The van der Waals surface area contributed by atoms with Gasteiger partial charge in [0, 0.05) is 20.0 Å². The molecule has 0 spiro atoms. The van der Waals surface area contributed by atoms with E-state index in [0.717, 1.165) is 0 Å². The van der Waals surface area contributed by atoms with Crippen LogP contribution < -0.4 is 10.6 Å². The SMILES string of the molecule is CNC(=O)C1(C(=O)NCCCC(=O)O)CC1. The highest BCUT2D eigenvalue weighted by Gasteiger charge is 2.55. The number of hydrogen-bond acceptors (Lipinski definition) is 3. The van der Waals surface area contributed by atoms with Gasteiger partial charge in [-0.25, -0.2) is 0 Å². The Kier molecular flexibility index (Phi) is 3.87. The summed E-state index contributed by atoms with van der Waals surface area (Å²) in [6, 6.07) is 0. The highest BCUT2D eigenvalue weighted by atomic mass is 16.4. The molecule has 0 saturated heterocycles. The Labute approximate surface area is 93.4 Å². The molecule has 3 N–H and O–H groups in total. The Hall–Kier alpha value is -1.59. The van der Waals surface area contributed by atoms with Crippen LogP contribution in [0.15, 0.2) is 0 Å². The molecule has 6 nitrogen and oxygen atoms in total. The van der Waals surface area contributed by atoms with E-state index in [-0.39, 0.29) is 18.2 Å². The average molecular weight is 228 g/mol. The van der Waals surface area contributed by atoms with Gasteiger partial charge in [-0.15, -0.1) is 0 Å². The fourth-order valence-electron chi connectivity index (χ4n) is 1.53. The standard InChI is InChI=1S/C10H16N2O4/c1-11-8(15)10(4-5-10)9(16)12-6-2-3-7(13)14/h2-6H2,1H3,(H,11,15)(H,12,16)(H,13,14). The van der Waals surface area contributed by atoms with E-state index in [1.165, 1.54) is 7.05 Å². The number of carboxylic acid groups (broad SMARTS) is 1. The number of aliphatic carboxylic acids is 1. The molecule has 1 fully saturated rings. The normalized spacial score (nSPS) is 16.3. The summed E-state index contributed by atoms with van der Waals surface area (Å²) in [5.41, 5.74) is -0.891. The average Bonchev–Trinajstić information content (AvgIpc) is 3.03. The topological polar surface area (TPSA) is 95.5 Å². The monoisotopic (exact) mass is 228 g/mol. The molecular weight excluding hydrogens is 212 g/mol. The van der Waals surface area contributed by atoms with Gasteiger partial charge >= 0.3 is 5.97 Å². The Morgan fingerprint density at radius 2 is 1.88 bits per heavy atom. The summed E-state index contributed by atoms with van der Waals surface area (Å²) in [6.07, 6.45) is 1.53. The number of rotatable bonds is 6. The molecule has 1 aliphatic rings. The molecule has 0 bridgehead atoms. The van der Waals surface area contributed by atoms with Crippen LogP contribution in [-0.4, -0.2) is 36.5 Å². The van der Waals surface area contributed by atoms with Gasteiger partial charge in [-0.05, 0) is 19.3 Å². The van der Waals surface area contributed by atoms with E-state index < -0.39 is 11.4 Å². The van der Waals surface area contributed by atoms with Crippen molar-refractivity contribution in [3.05, 3.63) is 0 Å². The minimum Gasteiger partial charge on any atom is -0.481 e. The number of hydrogen-bond donors (Lipinski definition) is 3. The van der Waals surface area contributed by atoms with Gasteiger partial charge in [0.1, 0.15) is 5.41 Å². The second kappa shape index (κ2) is 4.96. The molecule has 6 heteroatoms. The first-order chi connectivity index (χ1) is 7.53. The van der Waals surface area contributed by atoms with Crippen LogP contribution in [0.2, 0.25) is 0 Å². The predicted molar refractivity (Wildman–Crippen MR) is 55.6 cm³/mol. The van der Waals surface area contributed by atoms with Gasteiger partial charge in [-0.3, -0.25) is 14.4 Å². The molecule has 0 aliphatic heterocycles. The lowest BCUT2D eigenvalue weighted by atomic mass is 10.1. The van der Waals surface area contributed by atoms with Crippen LogP contribution in [0.1, 0.15) is 25.7 Å². The first-order valence-electron chi connectivity index (χ1n) is 5.25. The second-order valence-corrected chi connectivity index (χ2v) is 3.91. The first kappa shape index (κ1) is 12.5. The third-order valence-electron chi connectivity index (χ3n) is 2.70. The Bertz CT molecular complexity index is 310. The van der Waals surface area contributed by atoms with E-state index in [4.69, 9.17) is 5.11 Å². The Morgan fingerprint density at radius 3 is 2.31 bits per heavy atom. The molecule has 0 radical (unpaired) electrons. The molecule has 1 rings (SSSR count). The number of amides is 2. The van der Waals surface area contributed by atoms with E-state index in [2.05, 4.69) is 10.6 Å². The molecule has 0 aromatic rings. The predicted octanol–water partition coefficient (Wildman–Crippen LogP) is -0.506. The molecule has 90 valence electrons. The van der Waals surface area contributed by atoms with Gasteiger partial charge in [0.2, 0.25) is 11.8 Å². The molecule has 0 heterocycles. The van der Waals surface area contributed by atoms with Gasteiger partial charge < -0.3 is 15.7 Å². The quantitative estimate of drug-likeness (QED) is 0.421. The van der Waals surface area contributed by atoms with Crippen molar-refractivity contribution in [2.24, 2.45) is 5.41 Å². The lowest BCUT2D eigenvalue weighted by molar-refractivity contribution is -0.139. The summed E-state index contributed by atoms with van der Waals surface area (Å²) < 4.78 is 0. The van der Waals surface area contributed by atoms with Gasteiger partial charge in [0.05, 0.1) is 0 Å². The lowest BCUT2D eigenvalue weighted by Crippen LogP contribution is -2.42. The molecule has 1 aliphatic carbocycles. The molecule has 2 amide bonds. The summed E-state index contributed by atoms with van der Waals surface area (Å²) in [6.45, 7) is 0.296. The van der Waals surface area contributed by atoms with Crippen LogP contribution in [0.4, 0.5) is 0 Å². The van der Waals surface area contributed by atoms with E-state index >= 15 is 0 Å². The maximum Gasteiger partial charge on any atom is 0.303 e. The van der Waals surface area contributed by atoms with E-state index in [1.807, 2.05) is 0 Å². The summed E-state index contributed by atoms with van der Waals surface area (Å²) in [4.78, 5) is 33.3. The fourth-order valence-corrected chi connectivity index (χ4v) is 1.53. The second-order valence-electron chi connectivity index (χ2n) is 3.91. The minimum absolute atomic E-state index is 0.0211. The Balaban J connectivity index is 2.30. The number of carbonyl (C=O) groups excluding carboxylic acids is 2. The molecule has 0 atom stereocenters. The molecule has 0 aromatic carbocycles. The first-order valence-corrected chi connectivity index (χ1v) is 5.25. The number of carbonyl (C=O) groups is 3. The van der Waals surface area contributed by atoms with E-state index in [9.17, 15) is 14.4 Å². The summed E-state index contributed by atoms with van der Waals surface area (Å²) >= 11 is 0. The van der Waals surface area contributed by atoms with Crippen molar-refractivity contribution in [3.63, 3.8) is 0 Å². The fraction of sp³-hybridized carbons (Fsp3) is 0.700. The Morgan fingerprint density at radius 1 is 1.25 bits per heavy atom. The van der Waals surface area contributed by atoms with Crippen molar-refractivity contribution in [1.82, 2.24) is 10.6 Å². The van der Waals surface area contributed by atoms with Crippen LogP contribution in [0.5, 0.6) is 0 Å². The smallest absolute Gasteiger partial charge is 0.303 e. The van der Waals surface area contributed by atoms with E-state index in [1.54, 1.807) is 0 Å². The summed E-state index contributed by atoms with van der Waals surface area (Å²) in [5.74, 6) is -1.44. The highest BCUT2D eigenvalue weighted by Crippen LogP contribution is 2.45. The zero-order valence-electron chi connectivity index (χ0n) is 9.21. The number of nitrogens with one attached hydrogen (secondary N) is 2. The third kappa shape index (κ3) is 2.71. The zero-order chi connectivity index (χ0) is 12.2. The molecule has 1 saturated carbocycles. The van der Waals surface area contributed by atoms with Crippen LogP contribution in [0, 0.1) is 5.41 Å². The maximum absolute atomic E-state index is 11.7. The molecule has 16 heavy (non-hydrogen) atoms. The minimum atomic E-state index is -0.891. The van der Waals surface area contributed by atoms with Crippen LogP contribution in [0.3, 0.4) is 0 Å². The van der Waals surface area contributed by atoms with Gasteiger partial charge in [0.15, 0.2) is 0 Å². The third-order valence-corrected chi connectivity index (χ3v) is 2.70. The molecule has 0 aromatic heterocycles. The van der Waals surface area contributed by atoms with Gasteiger partial charge in [-0.2, -0.15) is 0 Å². The molecular formula is C10H16N2O4. The zero-order valence-corrected chi connectivity index (χ0v) is 9.21.